The molecule has 26 heavy (non-hydrogen) atoms. The summed E-state index contributed by atoms with van der Waals surface area (Å²) in [6, 6.07) is 17.3. The highest BCUT2D eigenvalue weighted by Crippen LogP contribution is 2.58. The maximum absolute atomic E-state index is 13.2. The van der Waals surface area contributed by atoms with E-state index >= 15 is 0 Å². The smallest absolute Gasteiger partial charge is 0.0726 e. The third-order valence-corrected chi connectivity index (χ3v) is 7.30. The first-order chi connectivity index (χ1) is 12.1. The van der Waals surface area contributed by atoms with Crippen LogP contribution in [0.1, 0.15) is 75.1 Å². The molecule has 2 aromatic carbocycles. The zero-order valence-corrected chi connectivity index (χ0v) is 17.7. The zero-order valence-electron chi connectivity index (χ0n) is 16.8. The second-order valence-electron chi connectivity index (χ2n) is 9.38. The third kappa shape index (κ3) is 3.84. The van der Waals surface area contributed by atoms with Crippen LogP contribution in [-0.4, -0.2) is 0 Å². The van der Waals surface area contributed by atoms with Crippen molar-refractivity contribution in [2.24, 2.45) is 0 Å². The largest absolute Gasteiger partial charge is 0.362 e. The molecule has 0 saturated carbocycles. The van der Waals surface area contributed by atoms with E-state index in [0.29, 0.717) is 0 Å². The molecule has 1 aliphatic heterocycles. The van der Waals surface area contributed by atoms with Gasteiger partial charge in [0.1, 0.15) is 0 Å². The highest BCUT2D eigenvalue weighted by atomic mass is 31.1. The summed E-state index contributed by atoms with van der Waals surface area (Å²) in [6.45, 7) is 13.3. The SMILES string of the molecule is CC(C)(C)c1ccc(C2C=CC(c3ccc(C(C)(C)C)cc3)[P+]2=O)cc1. The van der Waals surface area contributed by atoms with Crippen LogP contribution < -0.4 is 0 Å². The Kier molecular flexibility index (Phi) is 4.97. The second-order valence-corrected chi connectivity index (χ2v) is 11.2. The Balaban J connectivity index is 1.79. The maximum Gasteiger partial charge on any atom is 0.362 e. The maximum atomic E-state index is 13.2. The van der Waals surface area contributed by atoms with Gasteiger partial charge in [0.25, 0.3) is 0 Å². The lowest BCUT2D eigenvalue weighted by atomic mass is 9.86. The molecule has 2 heteroatoms. The van der Waals surface area contributed by atoms with Gasteiger partial charge < -0.3 is 0 Å². The van der Waals surface area contributed by atoms with Crippen LogP contribution in [0.3, 0.4) is 0 Å². The van der Waals surface area contributed by atoms with Gasteiger partial charge in [-0.15, -0.1) is 0 Å². The first kappa shape index (κ1) is 19.1. The summed E-state index contributed by atoms with van der Waals surface area (Å²) in [5, 5.41) is 0. The molecular weight excluding hydrogens is 335 g/mol. The number of allylic oxidation sites excluding steroid dienone is 2. The summed E-state index contributed by atoms with van der Waals surface area (Å²) in [5.74, 6) is 0. The van der Waals surface area contributed by atoms with E-state index in [0.717, 1.165) is 11.1 Å². The molecule has 0 aromatic heterocycles. The molecule has 0 bridgehead atoms. The van der Waals surface area contributed by atoms with Crippen molar-refractivity contribution in [1.29, 1.82) is 0 Å². The Morgan fingerprint density at radius 3 is 1.19 bits per heavy atom. The molecule has 0 amide bonds. The highest BCUT2D eigenvalue weighted by molar-refractivity contribution is 7.46. The zero-order chi connectivity index (χ0) is 19.1. The van der Waals surface area contributed by atoms with Crippen LogP contribution in [0.5, 0.6) is 0 Å². The predicted octanol–water partition coefficient (Wildman–Crippen LogP) is 7.46. The van der Waals surface area contributed by atoms with Crippen LogP contribution in [0.4, 0.5) is 0 Å². The number of hydrogen-bond donors (Lipinski definition) is 0. The Morgan fingerprint density at radius 1 is 0.615 bits per heavy atom. The fraction of sp³-hybridized carbons (Fsp3) is 0.417. The van der Waals surface area contributed by atoms with Gasteiger partial charge in [-0.25, -0.2) is 0 Å². The monoisotopic (exact) mass is 365 g/mol. The van der Waals surface area contributed by atoms with Gasteiger partial charge in [0.2, 0.25) is 0 Å². The number of rotatable bonds is 2. The van der Waals surface area contributed by atoms with Gasteiger partial charge in [-0.05, 0) is 34.1 Å². The third-order valence-electron chi connectivity index (χ3n) is 5.26. The van der Waals surface area contributed by atoms with Crippen molar-refractivity contribution in [3.05, 3.63) is 82.9 Å². The molecule has 1 aliphatic rings. The Morgan fingerprint density at radius 2 is 0.923 bits per heavy atom. The molecule has 0 fully saturated rings. The lowest BCUT2D eigenvalue weighted by molar-refractivity contribution is 0.582. The van der Waals surface area contributed by atoms with Gasteiger partial charge in [0, 0.05) is 11.1 Å². The van der Waals surface area contributed by atoms with E-state index in [1.165, 1.54) is 11.1 Å². The van der Waals surface area contributed by atoms with Gasteiger partial charge in [0.15, 0.2) is 11.3 Å². The Bertz CT molecular complexity index is 745. The van der Waals surface area contributed by atoms with Crippen LogP contribution in [0.15, 0.2) is 60.7 Å². The summed E-state index contributed by atoms with van der Waals surface area (Å²) in [4.78, 5) is 0. The average Bonchev–Trinajstić information content (AvgIpc) is 2.95. The summed E-state index contributed by atoms with van der Waals surface area (Å²) in [6.07, 6.45) is 4.26. The van der Waals surface area contributed by atoms with Crippen molar-refractivity contribution in [1.82, 2.24) is 0 Å². The van der Waals surface area contributed by atoms with Crippen molar-refractivity contribution in [3.8, 4) is 0 Å². The summed E-state index contributed by atoms with van der Waals surface area (Å²) >= 11 is 0. The first-order valence-corrected chi connectivity index (χ1v) is 10.8. The quantitative estimate of drug-likeness (QED) is 0.399. The molecule has 0 aliphatic carbocycles. The van der Waals surface area contributed by atoms with E-state index in [1.807, 2.05) is 0 Å². The fourth-order valence-corrected chi connectivity index (χ4v) is 5.25. The minimum atomic E-state index is -1.38. The number of hydrogen-bond acceptors (Lipinski definition) is 1. The van der Waals surface area contributed by atoms with Crippen LogP contribution in [0.2, 0.25) is 0 Å². The van der Waals surface area contributed by atoms with Gasteiger partial charge >= 0.3 is 7.80 Å². The van der Waals surface area contributed by atoms with Crippen molar-refractivity contribution >= 4 is 7.80 Å². The molecule has 136 valence electrons. The minimum absolute atomic E-state index is 0.0197. The second kappa shape index (κ2) is 6.78. The minimum Gasteiger partial charge on any atom is -0.0726 e. The van der Waals surface area contributed by atoms with E-state index in [9.17, 15) is 4.57 Å². The fourth-order valence-electron chi connectivity index (χ4n) is 3.43. The summed E-state index contributed by atoms with van der Waals surface area (Å²) in [7, 11) is -1.38. The van der Waals surface area contributed by atoms with E-state index < -0.39 is 7.80 Å². The van der Waals surface area contributed by atoms with Crippen LogP contribution in [0.25, 0.3) is 0 Å². The van der Waals surface area contributed by atoms with E-state index in [-0.39, 0.29) is 22.1 Å². The van der Waals surface area contributed by atoms with Crippen molar-refractivity contribution < 1.29 is 4.57 Å². The van der Waals surface area contributed by atoms with Crippen molar-refractivity contribution in [2.75, 3.05) is 0 Å². The van der Waals surface area contributed by atoms with Crippen molar-refractivity contribution in [2.45, 2.75) is 63.7 Å². The average molecular weight is 365 g/mol. The van der Waals surface area contributed by atoms with Crippen molar-refractivity contribution in [3.63, 3.8) is 0 Å². The van der Waals surface area contributed by atoms with Crippen LogP contribution >= 0.6 is 7.80 Å². The molecule has 2 unspecified atom stereocenters. The van der Waals surface area contributed by atoms with Gasteiger partial charge in [-0.2, -0.15) is 0 Å². The lowest BCUT2D eigenvalue weighted by Crippen LogP contribution is -2.10. The van der Waals surface area contributed by atoms with Gasteiger partial charge in [-0.1, -0.05) is 94.6 Å². The summed E-state index contributed by atoms with van der Waals surface area (Å²) < 4.78 is 13.2. The topological polar surface area (TPSA) is 17.1 Å². The Hall–Kier alpha value is -1.72. The Labute approximate surface area is 159 Å². The highest BCUT2D eigenvalue weighted by Gasteiger charge is 2.43. The standard InChI is InChI=1S/C24H30OP/c1-23(2,3)19-11-7-17(8-12-19)21-15-16-22(26(21)25)18-9-13-20(14-10-18)24(4,5)6/h7-16,21-22H,1-6H3/q+1. The molecule has 1 heterocycles. The summed E-state index contributed by atoms with van der Waals surface area (Å²) in [5.41, 5.74) is 5.26. The molecule has 3 rings (SSSR count). The van der Waals surface area contributed by atoms with E-state index in [4.69, 9.17) is 0 Å². The number of benzene rings is 2. The van der Waals surface area contributed by atoms with E-state index in [1.54, 1.807) is 0 Å². The molecule has 2 atom stereocenters. The van der Waals surface area contributed by atoms with Gasteiger partial charge in [0.05, 0.1) is 0 Å². The van der Waals surface area contributed by atoms with Gasteiger partial charge in [-0.3, -0.25) is 0 Å². The van der Waals surface area contributed by atoms with Crippen LogP contribution in [-0.2, 0) is 15.4 Å². The molecule has 1 nitrogen and oxygen atoms in total. The molecular formula is C24H30OP+. The molecule has 2 aromatic rings. The first-order valence-electron chi connectivity index (χ1n) is 9.42. The molecule has 0 saturated heterocycles. The molecule has 0 N–H and O–H groups in total. The molecule has 0 spiro atoms. The molecule has 0 radical (unpaired) electrons. The van der Waals surface area contributed by atoms with E-state index in [2.05, 4.69) is 102 Å². The normalized spacial score (nSPS) is 22.0. The predicted molar refractivity (Wildman–Crippen MR) is 113 cm³/mol. The lowest BCUT2D eigenvalue weighted by Gasteiger charge is -2.19. The van der Waals surface area contributed by atoms with Crippen LogP contribution in [0, 0.1) is 0 Å².